The van der Waals surface area contributed by atoms with E-state index in [0.717, 1.165) is 0 Å². The third-order valence-electron chi connectivity index (χ3n) is 1.50. The molecule has 0 amide bonds. The van der Waals surface area contributed by atoms with E-state index >= 15 is 0 Å². The van der Waals surface area contributed by atoms with Gasteiger partial charge in [-0.25, -0.2) is 0 Å². The molecule has 0 radical (unpaired) electrons. The van der Waals surface area contributed by atoms with E-state index < -0.39 is 11.4 Å². The first-order valence-corrected chi connectivity index (χ1v) is 3.31. The molecule has 2 nitrogen and oxygen atoms in total. The molecule has 0 aromatic heterocycles. The number of halogens is 1. The maximum Gasteiger partial charge on any atom is 0.321 e. The van der Waals surface area contributed by atoms with Crippen LogP contribution in [0.25, 0.3) is 0 Å². The van der Waals surface area contributed by atoms with E-state index in [4.69, 9.17) is 16.7 Å². The van der Waals surface area contributed by atoms with Crippen molar-refractivity contribution in [2.75, 3.05) is 0 Å². The van der Waals surface area contributed by atoms with Gasteiger partial charge < -0.3 is 5.11 Å². The summed E-state index contributed by atoms with van der Waals surface area (Å²) in [5.74, 6) is 1.50. The van der Waals surface area contributed by atoms with Gasteiger partial charge in [0.2, 0.25) is 0 Å². The third-order valence-corrected chi connectivity index (χ3v) is 1.60. The molecule has 0 aromatic rings. The number of hydrogen-bond acceptors (Lipinski definition) is 1. The van der Waals surface area contributed by atoms with Crippen LogP contribution < -0.4 is 0 Å². The summed E-state index contributed by atoms with van der Waals surface area (Å²) in [5.41, 5.74) is -0.984. The van der Waals surface area contributed by atoms with Crippen molar-refractivity contribution in [2.45, 2.75) is 20.3 Å². The molecular formula is C7H9ClO2. The van der Waals surface area contributed by atoms with E-state index in [-0.39, 0.29) is 0 Å². The molecule has 3 heteroatoms. The Morgan fingerprint density at radius 2 is 2.30 bits per heavy atom. The van der Waals surface area contributed by atoms with Crippen LogP contribution in [-0.2, 0) is 4.79 Å². The predicted octanol–water partition coefficient (Wildman–Crippen LogP) is 1.69. The Kier molecular flexibility index (Phi) is 3.24. The normalized spacial score (nSPS) is 14.7. The number of rotatable bonds is 2. The highest BCUT2D eigenvalue weighted by atomic mass is 35.5. The maximum absolute atomic E-state index is 10.5. The first-order chi connectivity index (χ1) is 4.56. The van der Waals surface area contributed by atoms with Gasteiger partial charge in [0.1, 0.15) is 5.41 Å². The summed E-state index contributed by atoms with van der Waals surface area (Å²) in [6.45, 7) is 3.31. The number of carboxylic acids is 1. The zero-order valence-corrected chi connectivity index (χ0v) is 6.70. The fourth-order valence-electron chi connectivity index (χ4n) is 0.397. The monoisotopic (exact) mass is 160 g/mol. The summed E-state index contributed by atoms with van der Waals surface area (Å²) in [7, 11) is 0. The molecule has 1 unspecified atom stereocenters. The van der Waals surface area contributed by atoms with Crippen molar-refractivity contribution in [1.29, 1.82) is 0 Å². The molecule has 0 saturated heterocycles. The Bertz CT molecular complexity index is 190. The standard InChI is InChI=1S/C7H9ClO2/c1-3-7(2,4-5-8)6(9)10/h3H2,1-2H3,(H,9,10). The number of carboxylic acid groups (broad SMARTS) is 1. The van der Waals surface area contributed by atoms with E-state index in [1.165, 1.54) is 0 Å². The third kappa shape index (κ3) is 1.93. The van der Waals surface area contributed by atoms with Crippen molar-refractivity contribution < 1.29 is 9.90 Å². The lowest BCUT2D eigenvalue weighted by molar-refractivity contribution is -0.144. The average Bonchev–Trinajstić information content (AvgIpc) is 1.88. The molecule has 0 rings (SSSR count). The van der Waals surface area contributed by atoms with Crippen molar-refractivity contribution in [3.05, 3.63) is 0 Å². The van der Waals surface area contributed by atoms with Crippen LogP contribution in [0.4, 0.5) is 0 Å². The molecule has 0 fully saturated rings. The highest BCUT2D eigenvalue weighted by Crippen LogP contribution is 2.19. The summed E-state index contributed by atoms with van der Waals surface area (Å²) in [6, 6.07) is 0. The van der Waals surface area contributed by atoms with E-state index in [0.29, 0.717) is 6.42 Å². The van der Waals surface area contributed by atoms with Gasteiger partial charge in [-0.15, -0.1) is 0 Å². The van der Waals surface area contributed by atoms with Crippen molar-refractivity contribution in [2.24, 2.45) is 5.41 Å². The lowest BCUT2D eigenvalue weighted by atomic mass is 9.89. The number of aliphatic carboxylic acids is 1. The molecule has 0 aliphatic heterocycles. The van der Waals surface area contributed by atoms with Gasteiger partial charge in [0.05, 0.1) is 0 Å². The van der Waals surface area contributed by atoms with E-state index in [1.54, 1.807) is 13.8 Å². The molecule has 10 heavy (non-hydrogen) atoms. The minimum Gasteiger partial charge on any atom is -0.480 e. The van der Waals surface area contributed by atoms with Crippen LogP contribution >= 0.6 is 11.6 Å². The Balaban J connectivity index is 4.49. The van der Waals surface area contributed by atoms with Crippen molar-refractivity contribution in [3.63, 3.8) is 0 Å². The van der Waals surface area contributed by atoms with Gasteiger partial charge in [0.25, 0.3) is 0 Å². The van der Waals surface area contributed by atoms with Crippen molar-refractivity contribution in [3.8, 4) is 11.3 Å². The second-order valence-electron chi connectivity index (χ2n) is 2.21. The van der Waals surface area contributed by atoms with Gasteiger partial charge in [0.15, 0.2) is 0 Å². The lowest BCUT2D eigenvalue weighted by Crippen LogP contribution is -2.24. The van der Waals surface area contributed by atoms with Crippen LogP contribution in [0.15, 0.2) is 0 Å². The molecule has 0 spiro atoms. The van der Waals surface area contributed by atoms with Gasteiger partial charge in [-0.3, -0.25) is 4.79 Å². The fraction of sp³-hybridized carbons (Fsp3) is 0.571. The minimum absolute atomic E-state index is 0.460. The summed E-state index contributed by atoms with van der Waals surface area (Å²) < 4.78 is 0. The quantitative estimate of drug-likeness (QED) is 0.625. The average molecular weight is 161 g/mol. The molecule has 0 heterocycles. The Morgan fingerprint density at radius 3 is 2.40 bits per heavy atom. The first-order valence-electron chi connectivity index (χ1n) is 2.93. The number of hydrogen-bond donors (Lipinski definition) is 1. The molecule has 1 atom stereocenters. The zero-order valence-electron chi connectivity index (χ0n) is 5.94. The van der Waals surface area contributed by atoms with E-state index in [2.05, 4.69) is 11.3 Å². The molecule has 56 valence electrons. The SMILES string of the molecule is CCC(C)(C#CCl)C(=O)O. The van der Waals surface area contributed by atoms with Gasteiger partial charge in [-0.1, -0.05) is 12.8 Å². The van der Waals surface area contributed by atoms with Crippen molar-refractivity contribution >= 4 is 17.6 Å². The second-order valence-corrected chi connectivity index (χ2v) is 2.40. The number of carbonyl (C=O) groups is 1. The zero-order chi connectivity index (χ0) is 8.20. The summed E-state index contributed by atoms with van der Waals surface area (Å²) in [4.78, 5) is 10.5. The molecule has 0 saturated carbocycles. The summed E-state index contributed by atoms with van der Waals surface area (Å²) >= 11 is 5.08. The Labute approximate surface area is 65.2 Å². The molecule has 1 N–H and O–H groups in total. The lowest BCUT2D eigenvalue weighted by Gasteiger charge is -2.13. The van der Waals surface area contributed by atoms with Gasteiger partial charge in [-0.05, 0) is 24.9 Å². The molecule has 0 aromatic carbocycles. The van der Waals surface area contributed by atoms with Crippen LogP contribution in [0.2, 0.25) is 0 Å². The fourth-order valence-corrected chi connectivity index (χ4v) is 0.606. The Hall–Kier alpha value is -0.680. The Morgan fingerprint density at radius 1 is 1.80 bits per heavy atom. The smallest absolute Gasteiger partial charge is 0.321 e. The molecule has 0 aliphatic carbocycles. The van der Waals surface area contributed by atoms with Crippen molar-refractivity contribution in [1.82, 2.24) is 0 Å². The highest BCUT2D eigenvalue weighted by molar-refractivity contribution is 6.30. The predicted molar refractivity (Wildman–Crippen MR) is 39.7 cm³/mol. The topological polar surface area (TPSA) is 37.3 Å². The van der Waals surface area contributed by atoms with E-state index in [9.17, 15) is 4.79 Å². The van der Waals surface area contributed by atoms with Crippen LogP contribution in [-0.4, -0.2) is 11.1 Å². The van der Waals surface area contributed by atoms with Gasteiger partial charge in [-0.2, -0.15) is 0 Å². The van der Waals surface area contributed by atoms with Crippen LogP contribution in [0.1, 0.15) is 20.3 Å². The largest absolute Gasteiger partial charge is 0.480 e. The van der Waals surface area contributed by atoms with Gasteiger partial charge in [0, 0.05) is 5.38 Å². The molecule has 0 bridgehead atoms. The summed E-state index contributed by atoms with van der Waals surface area (Å²) in [6.07, 6.45) is 0.460. The van der Waals surface area contributed by atoms with E-state index in [1.807, 2.05) is 0 Å². The van der Waals surface area contributed by atoms with Crippen LogP contribution in [0, 0.1) is 16.7 Å². The maximum atomic E-state index is 10.5. The van der Waals surface area contributed by atoms with Crippen LogP contribution in [0.5, 0.6) is 0 Å². The molecule has 0 aliphatic rings. The first kappa shape index (κ1) is 9.32. The second kappa shape index (κ2) is 3.48. The minimum atomic E-state index is -0.984. The van der Waals surface area contributed by atoms with Gasteiger partial charge >= 0.3 is 5.97 Å². The molecular weight excluding hydrogens is 152 g/mol. The summed E-state index contributed by atoms with van der Waals surface area (Å²) in [5, 5.41) is 10.7. The van der Waals surface area contributed by atoms with Crippen LogP contribution in [0.3, 0.4) is 0 Å². The highest BCUT2D eigenvalue weighted by Gasteiger charge is 2.28.